The van der Waals surface area contributed by atoms with E-state index in [9.17, 15) is 9.90 Å². The molecule has 1 fully saturated rings. The van der Waals surface area contributed by atoms with E-state index in [0.717, 1.165) is 0 Å². The molecule has 19 heavy (non-hydrogen) atoms. The predicted octanol–water partition coefficient (Wildman–Crippen LogP) is 1.41. The van der Waals surface area contributed by atoms with Crippen molar-refractivity contribution in [1.82, 2.24) is 9.80 Å². The lowest BCUT2D eigenvalue weighted by atomic mass is 9.83. The fraction of sp³-hybridized carbons (Fsp3) is 0.643. The minimum Gasteiger partial charge on any atom is -0.387 e. The minimum atomic E-state index is -0.605. The van der Waals surface area contributed by atoms with Gasteiger partial charge in [-0.15, -0.1) is 0 Å². The molecule has 1 aromatic heterocycles. The van der Waals surface area contributed by atoms with E-state index in [1.54, 1.807) is 16.2 Å². The summed E-state index contributed by atoms with van der Waals surface area (Å²) in [5.41, 5.74) is 0.565. The quantitative estimate of drug-likeness (QED) is 0.888. The van der Waals surface area contributed by atoms with E-state index in [0.29, 0.717) is 26.2 Å². The highest BCUT2D eigenvalue weighted by molar-refractivity contribution is 7.07. The number of thiophene rings is 1. The average Bonchev–Trinajstić information content (AvgIpc) is 2.79. The molecule has 4 nitrogen and oxygen atoms in total. The van der Waals surface area contributed by atoms with Gasteiger partial charge in [0.05, 0.1) is 12.1 Å². The monoisotopic (exact) mass is 282 g/mol. The summed E-state index contributed by atoms with van der Waals surface area (Å²) >= 11 is 1.64. The van der Waals surface area contributed by atoms with Crippen LogP contribution in [0.2, 0.25) is 0 Å². The summed E-state index contributed by atoms with van der Waals surface area (Å²) in [4.78, 5) is 15.8. The molecule has 106 valence electrons. The molecule has 1 amide bonds. The van der Waals surface area contributed by atoms with Gasteiger partial charge < -0.3 is 10.0 Å². The number of likely N-dealkylation sites (tertiary alicyclic amines) is 1. The molecule has 0 radical (unpaired) electrons. The van der Waals surface area contributed by atoms with Crippen molar-refractivity contribution in [3.8, 4) is 0 Å². The van der Waals surface area contributed by atoms with Gasteiger partial charge in [-0.05, 0) is 28.3 Å². The van der Waals surface area contributed by atoms with E-state index in [4.69, 9.17) is 0 Å². The molecule has 1 N–H and O–H groups in total. The van der Waals surface area contributed by atoms with Crippen molar-refractivity contribution in [2.75, 3.05) is 26.7 Å². The summed E-state index contributed by atoms with van der Waals surface area (Å²) in [6.45, 7) is 6.29. The van der Waals surface area contributed by atoms with Crippen molar-refractivity contribution in [3.05, 3.63) is 22.4 Å². The fourth-order valence-corrected chi connectivity index (χ4v) is 2.92. The van der Waals surface area contributed by atoms with Gasteiger partial charge in [-0.25, -0.2) is 0 Å². The lowest BCUT2D eigenvalue weighted by molar-refractivity contribution is -0.148. The first-order valence-corrected chi connectivity index (χ1v) is 7.55. The van der Waals surface area contributed by atoms with Crippen molar-refractivity contribution in [2.45, 2.75) is 26.0 Å². The van der Waals surface area contributed by atoms with Crippen LogP contribution in [-0.2, 0) is 11.3 Å². The van der Waals surface area contributed by atoms with Gasteiger partial charge in [0.2, 0.25) is 5.91 Å². The highest BCUT2D eigenvalue weighted by Gasteiger charge is 2.44. The molecule has 2 rings (SSSR count). The smallest absolute Gasteiger partial charge is 0.236 e. The maximum Gasteiger partial charge on any atom is 0.236 e. The molecule has 0 bridgehead atoms. The van der Waals surface area contributed by atoms with Crippen LogP contribution in [0.25, 0.3) is 0 Å². The molecule has 1 saturated heterocycles. The van der Waals surface area contributed by atoms with Crippen molar-refractivity contribution in [2.24, 2.45) is 5.92 Å². The van der Waals surface area contributed by atoms with Crippen LogP contribution in [0.4, 0.5) is 0 Å². The molecule has 0 unspecified atom stereocenters. The molecule has 2 heterocycles. The molecular weight excluding hydrogens is 260 g/mol. The Labute approximate surface area is 118 Å². The number of hydrogen-bond donors (Lipinski definition) is 1. The van der Waals surface area contributed by atoms with Gasteiger partial charge in [-0.3, -0.25) is 9.69 Å². The molecule has 0 saturated carbocycles. The Morgan fingerprint density at radius 3 is 2.79 bits per heavy atom. The Bertz CT molecular complexity index is 425. The summed E-state index contributed by atoms with van der Waals surface area (Å²) in [6.07, 6.45) is 0. The van der Waals surface area contributed by atoms with Gasteiger partial charge in [0.15, 0.2) is 0 Å². The van der Waals surface area contributed by atoms with Crippen LogP contribution in [0.3, 0.4) is 0 Å². The largest absolute Gasteiger partial charge is 0.387 e. The topological polar surface area (TPSA) is 43.8 Å². The van der Waals surface area contributed by atoms with E-state index in [2.05, 4.69) is 5.38 Å². The lowest BCUT2D eigenvalue weighted by Crippen LogP contribution is -2.65. The van der Waals surface area contributed by atoms with Gasteiger partial charge in [0, 0.05) is 26.7 Å². The number of hydrogen-bond acceptors (Lipinski definition) is 4. The highest BCUT2D eigenvalue weighted by atomic mass is 32.1. The average molecular weight is 282 g/mol. The van der Waals surface area contributed by atoms with Crippen LogP contribution in [-0.4, -0.2) is 53.1 Å². The van der Waals surface area contributed by atoms with E-state index >= 15 is 0 Å². The molecule has 0 aromatic carbocycles. The Morgan fingerprint density at radius 1 is 1.58 bits per heavy atom. The van der Waals surface area contributed by atoms with Crippen molar-refractivity contribution < 1.29 is 9.90 Å². The van der Waals surface area contributed by atoms with Crippen molar-refractivity contribution in [1.29, 1.82) is 0 Å². The van der Waals surface area contributed by atoms with Gasteiger partial charge in [0.25, 0.3) is 0 Å². The van der Waals surface area contributed by atoms with Crippen molar-refractivity contribution >= 4 is 17.2 Å². The Hall–Kier alpha value is -0.910. The zero-order valence-electron chi connectivity index (χ0n) is 11.8. The second kappa shape index (κ2) is 5.61. The summed E-state index contributed by atoms with van der Waals surface area (Å²) in [6, 6.07) is 2.04. The van der Waals surface area contributed by atoms with Crippen LogP contribution < -0.4 is 0 Å². The number of amides is 1. The highest BCUT2D eigenvalue weighted by Crippen LogP contribution is 2.28. The molecule has 1 aliphatic rings. The number of likely N-dealkylation sites (N-methyl/N-ethyl adjacent to an activating group) is 1. The van der Waals surface area contributed by atoms with Crippen LogP contribution in [0.5, 0.6) is 0 Å². The summed E-state index contributed by atoms with van der Waals surface area (Å²) < 4.78 is 0. The SMILES string of the molecule is CC(C)C1(O)CN(CC(=O)N(C)Cc2ccsc2)C1. The van der Waals surface area contributed by atoms with Crippen LogP contribution in [0, 0.1) is 5.92 Å². The minimum absolute atomic E-state index is 0.108. The molecule has 5 heteroatoms. The molecule has 0 aliphatic carbocycles. The Balaban J connectivity index is 1.76. The normalized spacial score (nSPS) is 18.4. The lowest BCUT2D eigenvalue weighted by Gasteiger charge is -2.49. The third kappa shape index (κ3) is 3.35. The first-order chi connectivity index (χ1) is 8.90. The first kappa shape index (κ1) is 14.5. The van der Waals surface area contributed by atoms with Gasteiger partial charge >= 0.3 is 0 Å². The summed E-state index contributed by atoms with van der Waals surface area (Å²) in [5.74, 6) is 0.347. The molecule has 1 aromatic rings. The first-order valence-electron chi connectivity index (χ1n) is 6.60. The van der Waals surface area contributed by atoms with E-state index < -0.39 is 5.60 Å². The number of rotatable bonds is 5. The zero-order chi connectivity index (χ0) is 14.0. The van der Waals surface area contributed by atoms with Crippen LogP contribution in [0.1, 0.15) is 19.4 Å². The third-order valence-corrected chi connectivity index (χ3v) is 4.59. The van der Waals surface area contributed by atoms with Crippen LogP contribution in [0.15, 0.2) is 16.8 Å². The Morgan fingerprint density at radius 2 is 2.26 bits per heavy atom. The van der Waals surface area contributed by atoms with Gasteiger partial charge in [0.1, 0.15) is 0 Å². The fourth-order valence-electron chi connectivity index (χ4n) is 2.26. The Kier molecular flexibility index (Phi) is 4.28. The zero-order valence-corrected chi connectivity index (χ0v) is 12.6. The number of nitrogens with zero attached hydrogens (tertiary/aromatic N) is 2. The number of β-amino-alcohol motifs (C(OH)–C–C–N with tert-alkyl or cyclic N) is 1. The third-order valence-electron chi connectivity index (χ3n) is 3.85. The van der Waals surface area contributed by atoms with Gasteiger partial charge in [-0.2, -0.15) is 11.3 Å². The predicted molar refractivity (Wildman–Crippen MR) is 77.0 cm³/mol. The van der Waals surface area contributed by atoms with Crippen LogP contribution >= 0.6 is 11.3 Å². The van der Waals surface area contributed by atoms with Gasteiger partial charge in [-0.1, -0.05) is 13.8 Å². The number of aliphatic hydroxyl groups is 1. The molecule has 0 atom stereocenters. The molecular formula is C14H22N2O2S. The van der Waals surface area contributed by atoms with E-state index in [1.807, 2.05) is 37.2 Å². The second-order valence-electron chi connectivity index (χ2n) is 5.78. The number of carbonyl (C=O) groups excluding carboxylic acids is 1. The summed E-state index contributed by atoms with van der Waals surface area (Å²) in [7, 11) is 1.83. The van der Waals surface area contributed by atoms with Crippen molar-refractivity contribution in [3.63, 3.8) is 0 Å². The van der Waals surface area contributed by atoms with E-state index in [1.165, 1.54) is 5.56 Å². The maximum atomic E-state index is 12.1. The maximum absolute atomic E-state index is 12.1. The number of carbonyl (C=O) groups is 1. The molecule has 1 aliphatic heterocycles. The summed E-state index contributed by atoms with van der Waals surface area (Å²) in [5, 5.41) is 14.2. The van der Waals surface area contributed by atoms with E-state index in [-0.39, 0.29) is 11.8 Å². The second-order valence-corrected chi connectivity index (χ2v) is 6.56. The molecule has 0 spiro atoms. The standard InChI is InChI=1S/C14H22N2O2S/c1-11(2)14(18)9-16(10-14)7-13(17)15(3)6-12-4-5-19-8-12/h4-5,8,11,18H,6-7,9-10H2,1-3H3.